The number of allylic oxidation sites excluding steroid dienone is 1. The number of nitrogens with zero attached hydrogens (tertiary/aromatic N) is 2. The third-order valence-electron chi connectivity index (χ3n) is 3.27. The summed E-state index contributed by atoms with van der Waals surface area (Å²) >= 11 is 0. The van der Waals surface area contributed by atoms with Gasteiger partial charge in [0.2, 0.25) is 0 Å². The van der Waals surface area contributed by atoms with Crippen molar-refractivity contribution in [3.63, 3.8) is 0 Å². The number of nitrogens with one attached hydrogen (secondary N) is 1. The molecule has 1 aromatic rings. The molecule has 4 nitrogen and oxygen atoms in total. The van der Waals surface area contributed by atoms with E-state index in [4.69, 9.17) is 5.84 Å². The number of nitrogens with two attached hydrogens (primary N) is 1. The number of hydrogen-bond acceptors (Lipinski definition) is 3. The van der Waals surface area contributed by atoms with Gasteiger partial charge in [-0.25, -0.2) is 5.43 Å². The molecule has 0 aromatic carbocycles. The van der Waals surface area contributed by atoms with Crippen LogP contribution in [0.25, 0.3) is 0 Å². The van der Waals surface area contributed by atoms with Gasteiger partial charge in [-0.3, -0.25) is 10.5 Å². The van der Waals surface area contributed by atoms with Crippen LogP contribution in [0, 0.1) is 0 Å². The standard InChI is InChI=1S/C12H20N4/c1-16-11(8-9-14-16)12(15-13)10-6-4-2-3-5-7-10/h6,8-9,12,15H,2-5,7,13H2,1H3. The molecule has 2 rings (SSSR count). The molecule has 88 valence electrons. The van der Waals surface area contributed by atoms with Gasteiger partial charge in [-0.15, -0.1) is 0 Å². The fourth-order valence-electron chi connectivity index (χ4n) is 2.35. The zero-order valence-electron chi connectivity index (χ0n) is 9.82. The van der Waals surface area contributed by atoms with Crippen LogP contribution in [0.2, 0.25) is 0 Å². The first-order valence-corrected chi connectivity index (χ1v) is 5.96. The summed E-state index contributed by atoms with van der Waals surface area (Å²) in [6.45, 7) is 0. The van der Waals surface area contributed by atoms with E-state index < -0.39 is 0 Å². The number of rotatable bonds is 3. The number of aryl methyl sites for hydroxylation is 1. The van der Waals surface area contributed by atoms with E-state index in [1.165, 1.54) is 31.3 Å². The molecule has 0 saturated heterocycles. The average Bonchev–Trinajstić information content (AvgIpc) is 2.57. The second kappa shape index (κ2) is 5.27. The lowest BCUT2D eigenvalue weighted by Crippen LogP contribution is -2.31. The molecule has 1 heterocycles. The Morgan fingerprint density at radius 1 is 1.44 bits per heavy atom. The minimum absolute atomic E-state index is 0.116. The molecule has 1 aromatic heterocycles. The van der Waals surface area contributed by atoms with Crippen LogP contribution in [0.4, 0.5) is 0 Å². The number of hydrazine groups is 1. The molecule has 0 fully saturated rings. The van der Waals surface area contributed by atoms with Crippen molar-refractivity contribution >= 4 is 0 Å². The van der Waals surface area contributed by atoms with Gasteiger partial charge in [-0.05, 0) is 31.7 Å². The van der Waals surface area contributed by atoms with E-state index in [0.717, 1.165) is 12.1 Å². The molecular formula is C12H20N4. The highest BCUT2D eigenvalue weighted by Crippen LogP contribution is 2.28. The van der Waals surface area contributed by atoms with Crippen molar-refractivity contribution in [2.24, 2.45) is 12.9 Å². The zero-order chi connectivity index (χ0) is 11.4. The molecule has 0 radical (unpaired) electrons. The first-order valence-electron chi connectivity index (χ1n) is 5.96. The van der Waals surface area contributed by atoms with Crippen molar-refractivity contribution in [1.29, 1.82) is 0 Å². The monoisotopic (exact) mass is 220 g/mol. The first-order chi connectivity index (χ1) is 7.83. The normalized spacial score (nSPS) is 19.0. The predicted octanol–water partition coefficient (Wildman–Crippen LogP) is 1.81. The van der Waals surface area contributed by atoms with Crippen molar-refractivity contribution in [2.45, 2.75) is 38.1 Å². The maximum Gasteiger partial charge on any atom is 0.0838 e. The maximum atomic E-state index is 5.68. The quantitative estimate of drug-likeness (QED) is 0.464. The number of aromatic nitrogens is 2. The fourth-order valence-corrected chi connectivity index (χ4v) is 2.35. The molecule has 0 bridgehead atoms. The van der Waals surface area contributed by atoms with Gasteiger partial charge in [0, 0.05) is 13.2 Å². The smallest absolute Gasteiger partial charge is 0.0838 e. The Balaban J connectivity index is 2.21. The Hall–Kier alpha value is -1.13. The van der Waals surface area contributed by atoms with E-state index in [1.54, 1.807) is 0 Å². The third kappa shape index (κ3) is 2.33. The molecule has 0 saturated carbocycles. The van der Waals surface area contributed by atoms with Crippen LogP contribution in [0.3, 0.4) is 0 Å². The van der Waals surface area contributed by atoms with E-state index in [1.807, 2.05) is 24.0 Å². The topological polar surface area (TPSA) is 55.9 Å². The zero-order valence-corrected chi connectivity index (χ0v) is 9.82. The van der Waals surface area contributed by atoms with Crippen LogP contribution in [0.5, 0.6) is 0 Å². The Kier molecular flexibility index (Phi) is 3.74. The molecule has 3 N–H and O–H groups in total. The molecule has 0 aliphatic heterocycles. The highest BCUT2D eigenvalue weighted by atomic mass is 15.3. The van der Waals surface area contributed by atoms with Gasteiger partial charge < -0.3 is 0 Å². The second-order valence-electron chi connectivity index (χ2n) is 4.36. The van der Waals surface area contributed by atoms with Crippen LogP contribution < -0.4 is 11.3 Å². The van der Waals surface area contributed by atoms with E-state index >= 15 is 0 Å². The Labute approximate surface area is 96.5 Å². The molecule has 1 aliphatic carbocycles. The Morgan fingerprint density at radius 3 is 3.00 bits per heavy atom. The summed E-state index contributed by atoms with van der Waals surface area (Å²) in [7, 11) is 1.96. The SMILES string of the molecule is Cn1nccc1C(NN)C1=CCCCCC1. The van der Waals surface area contributed by atoms with Gasteiger partial charge in [0.05, 0.1) is 11.7 Å². The van der Waals surface area contributed by atoms with E-state index in [0.29, 0.717) is 0 Å². The molecule has 16 heavy (non-hydrogen) atoms. The van der Waals surface area contributed by atoms with Gasteiger partial charge in [0.1, 0.15) is 0 Å². The summed E-state index contributed by atoms with van der Waals surface area (Å²) in [4.78, 5) is 0. The molecular weight excluding hydrogens is 200 g/mol. The highest BCUT2D eigenvalue weighted by Gasteiger charge is 2.18. The molecule has 0 amide bonds. The summed E-state index contributed by atoms with van der Waals surface area (Å²) in [6.07, 6.45) is 10.4. The first kappa shape index (κ1) is 11.4. The lowest BCUT2D eigenvalue weighted by Gasteiger charge is -2.19. The summed E-state index contributed by atoms with van der Waals surface area (Å²) in [5.41, 5.74) is 5.45. The summed E-state index contributed by atoms with van der Waals surface area (Å²) in [5.74, 6) is 5.68. The van der Waals surface area contributed by atoms with Crippen molar-refractivity contribution in [3.05, 3.63) is 29.6 Å². The van der Waals surface area contributed by atoms with Crippen LogP contribution in [0.1, 0.15) is 43.8 Å². The van der Waals surface area contributed by atoms with Crippen LogP contribution >= 0.6 is 0 Å². The highest BCUT2D eigenvalue weighted by molar-refractivity contribution is 5.22. The van der Waals surface area contributed by atoms with Crippen molar-refractivity contribution in [2.75, 3.05) is 0 Å². The van der Waals surface area contributed by atoms with Gasteiger partial charge in [-0.2, -0.15) is 5.10 Å². The van der Waals surface area contributed by atoms with Crippen LogP contribution in [-0.4, -0.2) is 9.78 Å². The van der Waals surface area contributed by atoms with Crippen molar-refractivity contribution < 1.29 is 0 Å². The lowest BCUT2D eigenvalue weighted by atomic mass is 10.00. The second-order valence-corrected chi connectivity index (χ2v) is 4.36. The van der Waals surface area contributed by atoms with Gasteiger partial charge >= 0.3 is 0 Å². The Bertz CT molecular complexity index is 367. The lowest BCUT2D eigenvalue weighted by molar-refractivity contribution is 0.547. The third-order valence-corrected chi connectivity index (χ3v) is 3.27. The fraction of sp³-hybridized carbons (Fsp3) is 0.583. The largest absolute Gasteiger partial charge is 0.271 e. The number of hydrogen-bond donors (Lipinski definition) is 2. The molecule has 4 heteroatoms. The van der Waals surface area contributed by atoms with Crippen molar-refractivity contribution in [1.82, 2.24) is 15.2 Å². The maximum absolute atomic E-state index is 5.68. The summed E-state index contributed by atoms with van der Waals surface area (Å²) < 4.78 is 1.89. The van der Waals surface area contributed by atoms with E-state index in [9.17, 15) is 0 Å². The summed E-state index contributed by atoms with van der Waals surface area (Å²) in [5, 5.41) is 4.20. The van der Waals surface area contributed by atoms with E-state index in [2.05, 4.69) is 16.6 Å². The molecule has 1 unspecified atom stereocenters. The predicted molar refractivity (Wildman–Crippen MR) is 64.4 cm³/mol. The van der Waals surface area contributed by atoms with Crippen LogP contribution in [-0.2, 0) is 7.05 Å². The Morgan fingerprint density at radius 2 is 2.31 bits per heavy atom. The minimum Gasteiger partial charge on any atom is -0.271 e. The van der Waals surface area contributed by atoms with Gasteiger partial charge in [0.15, 0.2) is 0 Å². The van der Waals surface area contributed by atoms with Gasteiger partial charge in [0.25, 0.3) is 0 Å². The van der Waals surface area contributed by atoms with Gasteiger partial charge in [-0.1, -0.05) is 18.1 Å². The minimum atomic E-state index is 0.116. The van der Waals surface area contributed by atoms with Crippen LogP contribution in [0.15, 0.2) is 23.9 Å². The molecule has 0 spiro atoms. The van der Waals surface area contributed by atoms with Crippen molar-refractivity contribution in [3.8, 4) is 0 Å². The molecule has 1 atom stereocenters. The van der Waals surface area contributed by atoms with E-state index in [-0.39, 0.29) is 6.04 Å². The molecule has 1 aliphatic rings. The summed E-state index contributed by atoms with van der Waals surface area (Å²) in [6, 6.07) is 2.14. The average molecular weight is 220 g/mol.